The summed E-state index contributed by atoms with van der Waals surface area (Å²) >= 11 is 7.66. The Morgan fingerprint density at radius 3 is 2.57 bits per heavy atom. The van der Waals surface area contributed by atoms with Crippen molar-refractivity contribution >= 4 is 22.9 Å². The number of thiophene rings is 1. The number of hydrogen-bond acceptors (Lipinski definition) is 2. The van der Waals surface area contributed by atoms with Gasteiger partial charge in [-0.05, 0) is 44.0 Å². The van der Waals surface area contributed by atoms with Gasteiger partial charge in [0.25, 0.3) is 0 Å². The maximum atomic E-state index is 5.95. The van der Waals surface area contributed by atoms with Crippen LogP contribution in [0.2, 0.25) is 4.34 Å². The Balaban J connectivity index is 2.67. The molecule has 1 N–H and O–H groups in total. The summed E-state index contributed by atoms with van der Waals surface area (Å²) in [4.78, 5) is 1.42. The topological polar surface area (TPSA) is 12.0 Å². The minimum absolute atomic E-state index is 0.639. The SMILES string of the molecule is CNCCC(c1ccc(Cl)s1)C(C)C. The summed E-state index contributed by atoms with van der Waals surface area (Å²) in [6, 6.07) is 4.16. The van der Waals surface area contributed by atoms with Gasteiger partial charge in [0.05, 0.1) is 4.34 Å². The van der Waals surface area contributed by atoms with Crippen molar-refractivity contribution in [1.29, 1.82) is 0 Å². The zero-order valence-corrected chi connectivity index (χ0v) is 10.6. The lowest BCUT2D eigenvalue weighted by Gasteiger charge is -2.19. The largest absolute Gasteiger partial charge is 0.320 e. The number of hydrogen-bond donors (Lipinski definition) is 1. The molecule has 1 nitrogen and oxygen atoms in total. The van der Waals surface area contributed by atoms with E-state index in [0.717, 1.165) is 10.9 Å². The third-order valence-corrected chi connectivity index (χ3v) is 3.83. The highest BCUT2D eigenvalue weighted by Crippen LogP contribution is 2.34. The zero-order valence-electron chi connectivity index (χ0n) is 9.01. The van der Waals surface area contributed by atoms with Gasteiger partial charge in [-0.25, -0.2) is 0 Å². The smallest absolute Gasteiger partial charge is 0.0931 e. The van der Waals surface area contributed by atoms with Crippen molar-refractivity contribution in [3.63, 3.8) is 0 Å². The minimum atomic E-state index is 0.639. The van der Waals surface area contributed by atoms with Crippen LogP contribution in [0.5, 0.6) is 0 Å². The van der Waals surface area contributed by atoms with Crippen LogP contribution < -0.4 is 5.32 Å². The fourth-order valence-electron chi connectivity index (χ4n) is 1.63. The van der Waals surface area contributed by atoms with Crippen LogP contribution in [0, 0.1) is 5.92 Å². The summed E-state index contributed by atoms with van der Waals surface area (Å²) in [5.74, 6) is 1.32. The molecule has 0 aliphatic carbocycles. The number of nitrogens with one attached hydrogen (secondary N) is 1. The monoisotopic (exact) mass is 231 g/mol. The Kier molecular flexibility index (Phi) is 4.93. The molecule has 1 heterocycles. The molecule has 1 rings (SSSR count). The molecule has 0 aliphatic heterocycles. The van der Waals surface area contributed by atoms with Crippen molar-refractivity contribution in [3.8, 4) is 0 Å². The molecule has 14 heavy (non-hydrogen) atoms. The highest BCUT2D eigenvalue weighted by molar-refractivity contribution is 7.16. The lowest BCUT2D eigenvalue weighted by atomic mass is 9.91. The zero-order chi connectivity index (χ0) is 10.6. The first-order valence-electron chi connectivity index (χ1n) is 5.05. The van der Waals surface area contributed by atoms with Gasteiger partial charge in [-0.15, -0.1) is 11.3 Å². The van der Waals surface area contributed by atoms with Crippen LogP contribution in [0.3, 0.4) is 0 Å². The van der Waals surface area contributed by atoms with Gasteiger partial charge in [0, 0.05) is 4.88 Å². The Bertz CT molecular complexity index is 270. The predicted molar refractivity (Wildman–Crippen MR) is 65.5 cm³/mol. The van der Waals surface area contributed by atoms with Crippen LogP contribution in [-0.4, -0.2) is 13.6 Å². The van der Waals surface area contributed by atoms with E-state index in [0.29, 0.717) is 11.8 Å². The van der Waals surface area contributed by atoms with Crippen molar-refractivity contribution in [1.82, 2.24) is 5.32 Å². The van der Waals surface area contributed by atoms with Crippen molar-refractivity contribution in [2.24, 2.45) is 5.92 Å². The van der Waals surface area contributed by atoms with Gasteiger partial charge in [-0.1, -0.05) is 25.4 Å². The Morgan fingerprint density at radius 2 is 2.14 bits per heavy atom. The second kappa shape index (κ2) is 5.74. The fraction of sp³-hybridized carbons (Fsp3) is 0.636. The van der Waals surface area contributed by atoms with Crippen LogP contribution in [0.15, 0.2) is 12.1 Å². The second-order valence-electron chi connectivity index (χ2n) is 3.88. The molecule has 0 aromatic carbocycles. The molecular formula is C11H18ClNS. The first-order valence-corrected chi connectivity index (χ1v) is 6.24. The van der Waals surface area contributed by atoms with E-state index in [-0.39, 0.29) is 0 Å². The van der Waals surface area contributed by atoms with Gasteiger partial charge in [-0.2, -0.15) is 0 Å². The summed E-state index contributed by atoms with van der Waals surface area (Å²) in [5, 5.41) is 3.20. The molecule has 0 fully saturated rings. The predicted octanol–water partition coefficient (Wildman–Crippen LogP) is 3.75. The van der Waals surface area contributed by atoms with Crippen LogP contribution in [0.25, 0.3) is 0 Å². The van der Waals surface area contributed by atoms with Crippen LogP contribution in [-0.2, 0) is 0 Å². The van der Waals surface area contributed by atoms with E-state index in [1.54, 1.807) is 11.3 Å². The van der Waals surface area contributed by atoms with Gasteiger partial charge in [0.15, 0.2) is 0 Å². The molecule has 0 saturated carbocycles. The van der Waals surface area contributed by atoms with Gasteiger partial charge in [0.1, 0.15) is 0 Å². The van der Waals surface area contributed by atoms with Gasteiger partial charge < -0.3 is 5.32 Å². The highest BCUT2D eigenvalue weighted by Gasteiger charge is 2.16. The lowest BCUT2D eigenvalue weighted by molar-refractivity contribution is 0.467. The van der Waals surface area contributed by atoms with E-state index in [1.807, 2.05) is 13.1 Å². The molecule has 0 spiro atoms. The van der Waals surface area contributed by atoms with Crippen LogP contribution in [0.4, 0.5) is 0 Å². The normalized spacial score (nSPS) is 13.5. The minimum Gasteiger partial charge on any atom is -0.320 e. The van der Waals surface area contributed by atoms with Gasteiger partial charge in [0.2, 0.25) is 0 Å². The van der Waals surface area contributed by atoms with Crippen molar-refractivity contribution in [2.75, 3.05) is 13.6 Å². The molecule has 0 saturated heterocycles. The summed E-state index contributed by atoms with van der Waals surface area (Å²) in [6.45, 7) is 5.61. The van der Waals surface area contributed by atoms with E-state index in [1.165, 1.54) is 11.3 Å². The molecule has 80 valence electrons. The lowest BCUT2D eigenvalue weighted by Crippen LogP contribution is -2.14. The molecule has 1 unspecified atom stereocenters. The summed E-state index contributed by atoms with van der Waals surface area (Å²) < 4.78 is 0.898. The summed E-state index contributed by atoms with van der Waals surface area (Å²) in [7, 11) is 2.00. The summed E-state index contributed by atoms with van der Waals surface area (Å²) in [6.07, 6.45) is 1.19. The average Bonchev–Trinajstić information content (AvgIpc) is 2.52. The van der Waals surface area contributed by atoms with Gasteiger partial charge in [-0.3, -0.25) is 0 Å². The maximum Gasteiger partial charge on any atom is 0.0931 e. The third-order valence-electron chi connectivity index (χ3n) is 2.47. The van der Waals surface area contributed by atoms with Crippen molar-refractivity contribution in [3.05, 3.63) is 21.3 Å². The average molecular weight is 232 g/mol. The first kappa shape index (κ1) is 12.0. The van der Waals surface area contributed by atoms with Gasteiger partial charge >= 0.3 is 0 Å². The standard InChI is InChI=1S/C11H18ClNS/c1-8(2)9(6-7-13-3)10-4-5-11(12)14-10/h4-5,8-9,13H,6-7H2,1-3H3. The molecule has 0 radical (unpaired) electrons. The van der Waals surface area contributed by atoms with Crippen molar-refractivity contribution in [2.45, 2.75) is 26.2 Å². The molecule has 0 aliphatic rings. The maximum absolute atomic E-state index is 5.95. The summed E-state index contributed by atoms with van der Waals surface area (Å²) in [5.41, 5.74) is 0. The van der Waals surface area contributed by atoms with Crippen molar-refractivity contribution < 1.29 is 0 Å². The Labute approximate surface area is 95.5 Å². The van der Waals surface area contributed by atoms with E-state index < -0.39 is 0 Å². The third kappa shape index (κ3) is 3.26. The number of rotatable bonds is 5. The van der Waals surface area contributed by atoms with E-state index in [2.05, 4.69) is 25.2 Å². The van der Waals surface area contributed by atoms with E-state index in [9.17, 15) is 0 Å². The molecule has 0 bridgehead atoms. The molecule has 1 atom stereocenters. The second-order valence-corrected chi connectivity index (χ2v) is 5.63. The quantitative estimate of drug-likeness (QED) is 0.814. The van der Waals surface area contributed by atoms with Crippen LogP contribution >= 0.6 is 22.9 Å². The molecule has 0 amide bonds. The van der Waals surface area contributed by atoms with E-state index in [4.69, 9.17) is 11.6 Å². The molecule has 3 heteroatoms. The molecular weight excluding hydrogens is 214 g/mol. The first-order chi connectivity index (χ1) is 6.65. The molecule has 1 aromatic heterocycles. The van der Waals surface area contributed by atoms with E-state index >= 15 is 0 Å². The Morgan fingerprint density at radius 1 is 1.43 bits per heavy atom. The Hall–Kier alpha value is -0.0500. The highest BCUT2D eigenvalue weighted by atomic mass is 35.5. The van der Waals surface area contributed by atoms with Crippen LogP contribution in [0.1, 0.15) is 31.1 Å². The fourth-order valence-corrected chi connectivity index (χ4v) is 3.00. The number of halogens is 1. The molecule has 1 aromatic rings.